The van der Waals surface area contributed by atoms with Crippen molar-refractivity contribution in [2.45, 2.75) is 23.0 Å². The number of rotatable bonds is 6. The summed E-state index contributed by atoms with van der Waals surface area (Å²) in [6.07, 6.45) is -3.19. The molecule has 0 aliphatic rings. The molecule has 0 saturated carbocycles. The number of carbonyl (C=O) groups is 1. The van der Waals surface area contributed by atoms with Gasteiger partial charge in [0.15, 0.2) is 0 Å². The molecule has 2 N–H and O–H groups in total. The molecule has 2 aromatic heterocycles. The van der Waals surface area contributed by atoms with E-state index in [4.69, 9.17) is 0 Å². The molecule has 1 amide bonds. The van der Waals surface area contributed by atoms with E-state index in [0.29, 0.717) is 17.2 Å². The van der Waals surface area contributed by atoms with Crippen LogP contribution in [0.2, 0.25) is 0 Å². The van der Waals surface area contributed by atoms with Gasteiger partial charge < -0.3 is 0 Å². The van der Waals surface area contributed by atoms with Gasteiger partial charge in [-0.3, -0.25) is 10.2 Å². The van der Waals surface area contributed by atoms with Crippen LogP contribution in [-0.4, -0.2) is 30.0 Å². The Morgan fingerprint density at radius 3 is 2.55 bits per heavy atom. The summed E-state index contributed by atoms with van der Waals surface area (Å²) in [7, 11) is -4.21. The summed E-state index contributed by atoms with van der Waals surface area (Å²) in [5, 5.41) is 2.51. The number of sulfonamides is 1. The van der Waals surface area contributed by atoms with E-state index in [1.807, 2.05) is 22.6 Å². The molecule has 7 nitrogen and oxygen atoms in total. The molecule has 0 saturated heterocycles. The standard InChI is InChI=1S/C16H13F3N4O3S3/c1-9-6-27-14-13(9)20-8-21-15(14)28-7-12(24)22-23-29(25,26)11-4-2-10(3-5-11)16(17,18)19/h2-6,8,23H,7H2,1H3,(H,22,24). The van der Waals surface area contributed by atoms with E-state index in [1.165, 1.54) is 17.7 Å². The summed E-state index contributed by atoms with van der Waals surface area (Å²) in [5.74, 6) is -0.774. The second-order valence-corrected chi connectivity index (χ2v) is 9.27. The number of carbonyl (C=O) groups excluding carboxylic acids is 1. The van der Waals surface area contributed by atoms with E-state index in [2.05, 4.69) is 9.97 Å². The van der Waals surface area contributed by atoms with Crippen molar-refractivity contribution in [2.75, 3.05) is 5.75 Å². The molecule has 0 unspecified atom stereocenters. The van der Waals surface area contributed by atoms with Crippen molar-refractivity contribution in [2.24, 2.45) is 0 Å². The largest absolute Gasteiger partial charge is 0.416 e. The molecule has 0 radical (unpaired) electrons. The Bertz CT molecular complexity index is 1150. The summed E-state index contributed by atoms with van der Waals surface area (Å²) in [4.78, 5) is 21.7. The predicted molar refractivity (Wildman–Crippen MR) is 103 cm³/mol. The molecule has 2 heterocycles. The van der Waals surface area contributed by atoms with Gasteiger partial charge in [0.25, 0.3) is 10.0 Å². The molecule has 154 valence electrons. The van der Waals surface area contributed by atoms with E-state index in [-0.39, 0.29) is 5.75 Å². The second kappa shape index (κ2) is 8.26. The second-order valence-electron chi connectivity index (χ2n) is 5.74. The van der Waals surface area contributed by atoms with Crippen LogP contribution in [0.15, 0.2) is 45.9 Å². The lowest BCUT2D eigenvalue weighted by atomic mass is 10.2. The maximum Gasteiger partial charge on any atom is 0.416 e. The van der Waals surface area contributed by atoms with Crippen LogP contribution in [0, 0.1) is 6.92 Å². The average Bonchev–Trinajstić information content (AvgIpc) is 3.06. The van der Waals surface area contributed by atoms with E-state index >= 15 is 0 Å². The third-order valence-corrected chi connectivity index (χ3v) is 7.13. The zero-order valence-electron chi connectivity index (χ0n) is 14.6. The van der Waals surface area contributed by atoms with Gasteiger partial charge in [-0.1, -0.05) is 11.8 Å². The Labute approximate surface area is 171 Å². The fraction of sp³-hybridized carbons (Fsp3) is 0.188. The Morgan fingerprint density at radius 1 is 1.21 bits per heavy atom. The fourth-order valence-electron chi connectivity index (χ4n) is 2.23. The quantitative estimate of drug-likeness (QED) is 0.332. The minimum absolute atomic E-state index is 0.126. The molecule has 0 aliphatic heterocycles. The van der Waals surface area contributed by atoms with Gasteiger partial charge in [0.05, 0.1) is 26.4 Å². The fourth-order valence-corrected chi connectivity index (χ4v) is 4.98. The maximum atomic E-state index is 12.6. The van der Waals surface area contributed by atoms with Crippen LogP contribution in [-0.2, 0) is 21.0 Å². The van der Waals surface area contributed by atoms with E-state index in [1.54, 1.807) is 0 Å². The van der Waals surface area contributed by atoms with Crippen LogP contribution in [0.5, 0.6) is 0 Å². The van der Waals surface area contributed by atoms with Gasteiger partial charge in [-0.2, -0.15) is 13.2 Å². The highest BCUT2D eigenvalue weighted by molar-refractivity contribution is 8.00. The molecule has 0 fully saturated rings. The molecule has 1 aromatic carbocycles. The summed E-state index contributed by atoms with van der Waals surface area (Å²) in [6, 6.07) is 2.91. The normalized spacial score (nSPS) is 12.3. The number of aryl methyl sites for hydroxylation is 1. The Morgan fingerprint density at radius 2 is 1.90 bits per heavy atom. The third-order valence-electron chi connectivity index (χ3n) is 3.65. The van der Waals surface area contributed by atoms with Crippen LogP contribution in [0.1, 0.15) is 11.1 Å². The van der Waals surface area contributed by atoms with Gasteiger partial charge in [0.2, 0.25) is 5.91 Å². The molecule has 0 bridgehead atoms. The molecule has 29 heavy (non-hydrogen) atoms. The topological polar surface area (TPSA) is 101 Å². The number of nitrogens with one attached hydrogen (secondary N) is 2. The number of fused-ring (bicyclic) bond motifs is 1. The van der Waals surface area contributed by atoms with Crippen LogP contribution in [0.25, 0.3) is 10.2 Å². The summed E-state index contributed by atoms with van der Waals surface area (Å²) in [6.45, 7) is 1.91. The molecule has 13 heteroatoms. The van der Waals surface area contributed by atoms with Gasteiger partial charge in [-0.15, -0.1) is 16.2 Å². The Kier molecular flexibility index (Phi) is 6.12. The number of aromatic nitrogens is 2. The number of hydrogen-bond acceptors (Lipinski definition) is 7. The lowest BCUT2D eigenvalue weighted by Gasteiger charge is -2.10. The smallest absolute Gasteiger partial charge is 0.277 e. The van der Waals surface area contributed by atoms with Gasteiger partial charge >= 0.3 is 6.18 Å². The van der Waals surface area contributed by atoms with Gasteiger partial charge in [-0.25, -0.2) is 18.4 Å². The van der Waals surface area contributed by atoms with Crippen LogP contribution in [0.3, 0.4) is 0 Å². The average molecular weight is 463 g/mol. The van der Waals surface area contributed by atoms with Crippen LogP contribution >= 0.6 is 23.1 Å². The molecule has 0 atom stereocenters. The number of thioether (sulfide) groups is 1. The first-order chi connectivity index (χ1) is 13.6. The van der Waals surface area contributed by atoms with Crippen LogP contribution < -0.4 is 10.3 Å². The summed E-state index contributed by atoms with van der Waals surface area (Å²) in [5.41, 5.74) is 2.83. The number of thiophene rings is 1. The molecule has 0 aliphatic carbocycles. The zero-order chi connectivity index (χ0) is 21.2. The first-order valence-corrected chi connectivity index (χ1v) is 11.2. The minimum atomic E-state index is -4.57. The Balaban J connectivity index is 1.59. The van der Waals surface area contributed by atoms with Gasteiger partial charge in [0, 0.05) is 0 Å². The summed E-state index contributed by atoms with van der Waals surface area (Å²) < 4.78 is 62.7. The highest BCUT2D eigenvalue weighted by Crippen LogP contribution is 2.31. The van der Waals surface area contributed by atoms with Crippen molar-refractivity contribution >= 4 is 49.2 Å². The highest BCUT2D eigenvalue weighted by Gasteiger charge is 2.30. The molecular formula is C16H13F3N4O3S3. The SMILES string of the molecule is Cc1csc2c(SCC(=O)NNS(=O)(=O)c3ccc(C(F)(F)F)cc3)ncnc12. The van der Waals surface area contributed by atoms with E-state index < -0.39 is 32.6 Å². The highest BCUT2D eigenvalue weighted by atomic mass is 32.2. The lowest BCUT2D eigenvalue weighted by molar-refractivity contribution is -0.137. The van der Waals surface area contributed by atoms with Crippen LogP contribution in [0.4, 0.5) is 13.2 Å². The number of nitrogens with zero attached hydrogens (tertiary/aromatic N) is 2. The third kappa shape index (κ3) is 5.04. The lowest BCUT2D eigenvalue weighted by Crippen LogP contribution is -2.42. The van der Waals surface area contributed by atoms with Crippen molar-refractivity contribution in [3.63, 3.8) is 0 Å². The number of amides is 1. The molecule has 3 rings (SSSR count). The monoisotopic (exact) mass is 462 g/mol. The number of alkyl halides is 3. The number of hydrazine groups is 1. The minimum Gasteiger partial charge on any atom is -0.277 e. The van der Waals surface area contributed by atoms with Gasteiger partial charge in [0.1, 0.15) is 11.4 Å². The molecular weight excluding hydrogens is 449 g/mol. The summed E-state index contributed by atoms with van der Waals surface area (Å²) >= 11 is 2.55. The molecule has 3 aromatic rings. The van der Waals surface area contributed by atoms with Crippen molar-refractivity contribution in [3.8, 4) is 0 Å². The predicted octanol–water partition coefficient (Wildman–Crippen LogP) is 3.12. The van der Waals surface area contributed by atoms with Crippen molar-refractivity contribution < 1.29 is 26.4 Å². The number of benzene rings is 1. The Hall–Kier alpha value is -2.22. The van der Waals surface area contributed by atoms with Crippen molar-refractivity contribution in [1.29, 1.82) is 0 Å². The van der Waals surface area contributed by atoms with Crippen molar-refractivity contribution in [1.82, 2.24) is 20.2 Å². The van der Waals surface area contributed by atoms with Crippen molar-refractivity contribution in [3.05, 3.63) is 47.1 Å². The first kappa shape index (κ1) is 21.5. The zero-order valence-corrected chi connectivity index (χ0v) is 17.1. The number of halogens is 3. The number of hydrogen-bond donors (Lipinski definition) is 2. The van der Waals surface area contributed by atoms with E-state index in [9.17, 15) is 26.4 Å². The van der Waals surface area contributed by atoms with Gasteiger partial charge in [-0.05, 0) is 42.1 Å². The molecule has 0 spiro atoms. The maximum absolute atomic E-state index is 12.6. The van der Waals surface area contributed by atoms with E-state index in [0.717, 1.165) is 39.7 Å². The first-order valence-electron chi connectivity index (χ1n) is 7.87.